The molecule has 4 nitrogen and oxygen atoms in total. The van der Waals surface area contributed by atoms with Crippen LogP contribution in [-0.2, 0) is 10.2 Å². The van der Waals surface area contributed by atoms with E-state index in [4.69, 9.17) is 10.5 Å². The van der Waals surface area contributed by atoms with Crippen molar-refractivity contribution >= 4 is 16.5 Å². The van der Waals surface area contributed by atoms with E-state index in [-0.39, 0.29) is 5.41 Å². The molecule has 1 aliphatic rings. The number of morpholine rings is 1. The molecule has 1 saturated heterocycles. The van der Waals surface area contributed by atoms with E-state index in [1.165, 1.54) is 4.88 Å². The van der Waals surface area contributed by atoms with Crippen molar-refractivity contribution in [2.75, 3.05) is 37.7 Å². The van der Waals surface area contributed by atoms with E-state index in [0.717, 1.165) is 31.4 Å². The van der Waals surface area contributed by atoms with Gasteiger partial charge < -0.3 is 15.4 Å². The first-order valence-corrected chi connectivity index (χ1v) is 6.44. The van der Waals surface area contributed by atoms with Crippen LogP contribution in [0.25, 0.3) is 0 Å². The highest BCUT2D eigenvalue weighted by Crippen LogP contribution is 2.31. The minimum Gasteiger partial charge on any atom is -0.378 e. The topological polar surface area (TPSA) is 51.4 Å². The number of hydrogen-bond donors (Lipinski definition) is 1. The van der Waals surface area contributed by atoms with Gasteiger partial charge >= 0.3 is 0 Å². The molecule has 1 aromatic rings. The number of rotatable bonds is 3. The molecule has 2 rings (SSSR count). The third kappa shape index (κ3) is 2.36. The number of hydrogen-bond acceptors (Lipinski definition) is 5. The zero-order chi connectivity index (χ0) is 11.6. The highest BCUT2D eigenvalue weighted by molar-refractivity contribution is 7.15. The van der Waals surface area contributed by atoms with Crippen LogP contribution in [0.15, 0.2) is 6.20 Å². The van der Waals surface area contributed by atoms with Gasteiger partial charge in [-0.3, -0.25) is 0 Å². The van der Waals surface area contributed by atoms with Gasteiger partial charge in [-0.1, -0.05) is 13.8 Å². The van der Waals surface area contributed by atoms with E-state index in [1.807, 2.05) is 6.20 Å². The summed E-state index contributed by atoms with van der Waals surface area (Å²) in [6.07, 6.45) is 1.96. The van der Waals surface area contributed by atoms with Crippen molar-refractivity contribution in [2.24, 2.45) is 5.73 Å². The Labute approximate surface area is 100 Å². The molecule has 0 bridgehead atoms. The van der Waals surface area contributed by atoms with Gasteiger partial charge in [-0.25, -0.2) is 4.98 Å². The fourth-order valence-corrected chi connectivity index (χ4v) is 2.66. The van der Waals surface area contributed by atoms with Crippen molar-refractivity contribution in [1.29, 1.82) is 0 Å². The Balaban J connectivity index is 2.12. The Kier molecular flexibility index (Phi) is 3.47. The summed E-state index contributed by atoms with van der Waals surface area (Å²) in [5, 5.41) is 1.10. The molecule has 0 spiro atoms. The van der Waals surface area contributed by atoms with Gasteiger partial charge in [-0.05, 0) is 0 Å². The van der Waals surface area contributed by atoms with Crippen LogP contribution in [0.2, 0.25) is 0 Å². The van der Waals surface area contributed by atoms with Gasteiger partial charge in [0.2, 0.25) is 0 Å². The predicted molar refractivity (Wildman–Crippen MR) is 67.2 cm³/mol. The Morgan fingerprint density at radius 3 is 2.81 bits per heavy atom. The van der Waals surface area contributed by atoms with E-state index in [9.17, 15) is 0 Å². The molecule has 90 valence electrons. The van der Waals surface area contributed by atoms with Crippen molar-refractivity contribution in [3.63, 3.8) is 0 Å². The quantitative estimate of drug-likeness (QED) is 0.864. The molecule has 2 heterocycles. The summed E-state index contributed by atoms with van der Waals surface area (Å²) >= 11 is 1.75. The number of aromatic nitrogens is 1. The minimum absolute atomic E-state index is 0.0300. The molecule has 1 fully saturated rings. The van der Waals surface area contributed by atoms with Gasteiger partial charge in [0.15, 0.2) is 5.13 Å². The maximum atomic E-state index is 5.77. The number of thiazole rings is 1. The summed E-state index contributed by atoms with van der Waals surface area (Å²) in [4.78, 5) is 8.03. The molecule has 5 heteroatoms. The summed E-state index contributed by atoms with van der Waals surface area (Å²) in [5.41, 5.74) is 5.80. The fourth-order valence-electron chi connectivity index (χ4n) is 1.58. The van der Waals surface area contributed by atoms with Crippen LogP contribution < -0.4 is 10.6 Å². The SMILES string of the molecule is CC(C)(CN)c1cnc(N2CCOCC2)s1. The first-order valence-electron chi connectivity index (χ1n) is 5.62. The molecule has 16 heavy (non-hydrogen) atoms. The van der Waals surface area contributed by atoms with E-state index in [0.29, 0.717) is 6.54 Å². The molecule has 0 atom stereocenters. The second-order valence-corrected chi connectivity index (χ2v) is 5.70. The molecule has 0 radical (unpaired) electrons. The van der Waals surface area contributed by atoms with Crippen molar-refractivity contribution in [3.8, 4) is 0 Å². The summed E-state index contributed by atoms with van der Waals surface area (Å²) in [6.45, 7) is 8.45. The van der Waals surface area contributed by atoms with Crippen molar-refractivity contribution in [1.82, 2.24) is 4.98 Å². The fraction of sp³-hybridized carbons (Fsp3) is 0.727. The first kappa shape index (κ1) is 11.8. The first-order chi connectivity index (χ1) is 7.63. The van der Waals surface area contributed by atoms with Crippen molar-refractivity contribution in [3.05, 3.63) is 11.1 Å². The van der Waals surface area contributed by atoms with Crippen LogP contribution in [0.4, 0.5) is 5.13 Å². The second kappa shape index (κ2) is 4.69. The van der Waals surface area contributed by atoms with Gasteiger partial charge in [0.05, 0.1) is 13.2 Å². The van der Waals surface area contributed by atoms with E-state index in [1.54, 1.807) is 11.3 Å². The molecule has 0 amide bonds. The summed E-state index contributed by atoms with van der Waals surface area (Å²) in [7, 11) is 0. The lowest BCUT2D eigenvalue weighted by Crippen LogP contribution is -2.36. The average Bonchev–Trinajstić information content (AvgIpc) is 2.80. The normalized spacial score (nSPS) is 17.8. The van der Waals surface area contributed by atoms with Crippen LogP contribution >= 0.6 is 11.3 Å². The third-order valence-corrected chi connectivity index (χ3v) is 4.38. The smallest absolute Gasteiger partial charge is 0.185 e. The average molecular weight is 241 g/mol. The van der Waals surface area contributed by atoms with Crippen molar-refractivity contribution in [2.45, 2.75) is 19.3 Å². The van der Waals surface area contributed by atoms with Crippen LogP contribution in [0.3, 0.4) is 0 Å². The lowest BCUT2D eigenvalue weighted by atomic mass is 9.93. The van der Waals surface area contributed by atoms with Crippen LogP contribution in [0.5, 0.6) is 0 Å². The molecule has 1 aliphatic heterocycles. The van der Waals surface area contributed by atoms with Gasteiger partial charge in [0.1, 0.15) is 0 Å². The van der Waals surface area contributed by atoms with Crippen molar-refractivity contribution < 1.29 is 4.74 Å². The monoisotopic (exact) mass is 241 g/mol. The van der Waals surface area contributed by atoms with E-state index < -0.39 is 0 Å². The molecule has 0 aromatic carbocycles. The maximum absolute atomic E-state index is 5.77. The van der Waals surface area contributed by atoms with E-state index >= 15 is 0 Å². The number of nitrogens with zero attached hydrogens (tertiary/aromatic N) is 2. The second-order valence-electron chi connectivity index (χ2n) is 4.69. The van der Waals surface area contributed by atoms with Crippen LogP contribution in [-0.4, -0.2) is 37.8 Å². The zero-order valence-corrected chi connectivity index (χ0v) is 10.7. The van der Waals surface area contributed by atoms with Crippen LogP contribution in [0, 0.1) is 0 Å². The Morgan fingerprint density at radius 1 is 1.50 bits per heavy atom. The standard InChI is InChI=1S/C11H19N3OS/c1-11(2,8-12)9-7-13-10(16-9)14-3-5-15-6-4-14/h7H,3-6,8,12H2,1-2H3. The molecular formula is C11H19N3OS. The Bertz CT molecular complexity index is 345. The predicted octanol–water partition coefficient (Wildman–Crippen LogP) is 1.22. The summed E-state index contributed by atoms with van der Waals surface area (Å²) in [6, 6.07) is 0. The Hall–Kier alpha value is -0.650. The molecule has 0 saturated carbocycles. The van der Waals surface area contributed by atoms with Gasteiger partial charge in [0.25, 0.3) is 0 Å². The summed E-state index contributed by atoms with van der Waals surface area (Å²) < 4.78 is 5.33. The van der Waals surface area contributed by atoms with Gasteiger partial charge in [0, 0.05) is 36.1 Å². The van der Waals surface area contributed by atoms with Gasteiger partial charge in [-0.15, -0.1) is 11.3 Å². The highest BCUT2D eigenvalue weighted by Gasteiger charge is 2.23. The zero-order valence-electron chi connectivity index (χ0n) is 9.90. The molecular weight excluding hydrogens is 222 g/mol. The largest absolute Gasteiger partial charge is 0.378 e. The highest BCUT2D eigenvalue weighted by atomic mass is 32.1. The molecule has 2 N–H and O–H groups in total. The third-order valence-electron chi connectivity index (χ3n) is 2.95. The molecule has 0 aliphatic carbocycles. The maximum Gasteiger partial charge on any atom is 0.185 e. The number of ether oxygens (including phenoxy) is 1. The molecule has 1 aromatic heterocycles. The number of nitrogens with two attached hydrogens (primary N) is 1. The summed E-state index contributed by atoms with van der Waals surface area (Å²) in [5.74, 6) is 0. The van der Waals surface area contributed by atoms with Gasteiger partial charge in [-0.2, -0.15) is 0 Å². The van der Waals surface area contributed by atoms with Crippen LogP contribution in [0.1, 0.15) is 18.7 Å². The minimum atomic E-state index is 0.0300. The van der Waals surface area contributed by atoms with E-state index in [2.05, 4.69) is 23.7 Å². The number of anilines is 1. The lowest BCUT2D eigenvalue weighted by molar-refractivity contribution is 0.122. The lowest BCUT2D eigenvalue weighted by Gasteiger charge is -2.26. The molecule has 0 unspecified atom stereocenters. The Morgan fingerprint density at radius 2 is 2.19 bits per heavy atom.